The fraction of sp³-hybridized carbons (Fsp3) is 0.941. The first-order valence-electron chi connectivity index (χ1n) is 8.80. The molecule has 2 rings (SSSR count). The van der Waals surface area contributed by atoms with Crippen molar-refractivity contribution in [1.82, 2.24) is 14.7 Å². The molecule has 2 aliphatic heterocycles. The number of rotatable bonds is 3. The average Bonchev–Trinajstić information content (AvgIpc) is 2.53. The van der Waals surface area contributed by atoms with E-state index < -0.39 is 0 Å². The van der Waals surface area contributed by atoms with Crippen LogP contribution in [0.15, 0.2) is 0 Å². The van der Waals surface area contributed by atoms with Gasteiger partial charge in [0.15, 0.2) is 0 Å². The van der Waals surface area contributed by atoms with Crippen LogP contribution in [0, 0.1) is 11.8 Å². The molecule has 2 saturated heterocycles. The fourth-order valence-electron chi connectivity index (χ4n) is 3.57. The molecule has 1 unspecified atom stereocenters. The van der Waals surface area contributed by atoms with Gasteiger partial charge in [0.25, 0.3) is 0 Å². The van der Waals surface area contributed by atoms with Crippen molar-refractivity contribution in [3.05, 3.63) is 0 Å². The third kappa shape index (κ3) is 4.12. The molecule has 4 heteroatoms. The van der Waals surface area contributed by atoms with Gasteiger partial charge in [-0.3, -0.25) is 4.90 Å². The van der Waals surface area contributed by atoms with Gasteiger partial charge in [0, 0.05) is 45.3 Å². The Kier molecular flexibility index (Phi) is 5.91. The molecule has 0 aliphatic carbocycles. The molecule has 0 bridgehead atoms. The molecule has 1 atom stereocenters. The number of carbonyl (C=O) groups is 1. The number of piperidine rings is 1. The van der Waals surface area contributed by atoms with E-state index in [-0.39, 0.29) is 6.03 Å². The quantitative estimate of drug-likeness (QED) is 0.800. The smallest absolute Gasteiger partial charge is 0.320 e. The summed E-state index contributed by atoms with van der Waals surface area (Å²) in [6, 6.07) is 0.921. The van der Waals surface area contributed by atoms with Crippen molar-refractivity contribution in [2.75, 3.05) is 39.3 Å². The van der Waals surface area contributed by atoms with Crippen molar-refractivity contribution in [1.29, 1.82) is 0 Å². The Morgan fingerprint density at radius 2 is 1.48 bits per heavy atom. The van der Waals surface area contributed by atoms with Crippen molar-refractivity contribution in [2.24, 2.45) is 11.8 Å². The lowest BCUT2D eigenvalue weighted by Crippen LogP contribution is -2.55. The number of carbonyl (C=O) groups excluding carboxylic acids is 1. The molecule has 0 aromatic heterocycles. The minimum absolute atomic E-state index is 0.279. The van der Waals surface area contributed by atoms with E-state index in [1.165, 1.54) is 19.3 Å². The van der Waals surface area contributed by atoms with E-state index in [1.54, 1.807) is 0 Å². The van der Waals surface area contributed by atoms with Gasteiger partial charge >= 0.3 is 6.03 Å². The van der Waals surface area contributed by atoms with Gasteiger partial charge in [0.2, 0.25) is 0 Å². The van der Waals surface area contributed by atoms with Crippen LogP contribution in [0.4, 0.5) is 4.79 Å². The zero-order chi connectivity index (χ0) is 15.4. The van der Waals surface area contributed by atoms with E-state index in [0.717, 1.165) is 51.1 Å². The van der Waals surface area contributed by atoms with Crippen molar-refractivity contribution < 1.29 is 4.79 Å². The number of piperazine rings is 1. The van der Waals surface area contributed by atoms with Gasteiger partial charge in [-0.1, -0.05) is 20.8 Å². The van der Waals surface area contributed by atoms with Crippen molar-refractivity contribution >= 4 is 6.03 Å². The lowest BCUT2D eigenvalue weighted by molar-refractivity contribution is 0.0831. The molecular weight excluding hydrogens is 262 g/mol. The molecule has 2 heterocycles. The summed E-state index contributed by atoms with van der Waals surface area (Å²) >= 11 is 0. The van der Waals surface area contributed by atoms with E-state index >= 15 is 0 Å². The average molecular weight is 295 g/mol. The van der Waals surface area contributed by atoms with Crippen LogP contribution in [0.25, 0.3) is 0 Å². The molecule has 0 radical (unpaired) electrons. The summed E-state index contributed by atoms with van der Waals surface area (Å²) in [7, 11) is 0. The molecule has 4 nitrogen and oxygen atoms in total. The van der Waals surface area contributed by atoms with Gasteiger partial charge in [-0.05, 0) is 38.0 Å². The maximum Gasteiger partial charge on any atom is 0.320 e. The Bertz CT molecular complexity index is 329. The van der Waals surface area contributed by atoms with Gasteiger partial charge in [-0.2, -0.15) is 0 Å². The zero-order valence-electron chi connectivity index (χ0n) is 14.3. The molecule has 0 spiro atoms. The highest BCUT2D eigenvalue weighted by molar-refractivity contribution is 5.74. The second kappa shape index (κ2) is 7.48. The molecule has 21 heavy (non-hydrogen) atoms. The van der Waals surface area contributed by atoms with Crippen LogP contribution in [0.2, 0.25) is 0 Å². The van der Waals surface area contributed by atoms with Crippen molar-refractivity contribution in [3.63, 3.8) is 0 Å². The third-order valence-electron chi connectivity index (χ3n) is 5.55. The molecule has 122 valence electrons. The van der Waals surface area contributed by atoms with Gasteiger partial charge < -0.3 is 9.80 Å². The van der Waals surface area contributed by atoms with E-state index in [1.807, 2.05) is 0 Å². The summed E-state index contributed by atoms with van der Waals surface area (Å²) in [5.74, 6) is 1.55. The maximum atomic E-state index is 12.6. The van der Waals surface area contributed by atoms with E-state index in [4.69, 9.17) is 0 Å². The normalized spacial score (nSPS) is 23.7. The molecule has 2 amide bonds. The standard InChI is InChI=1S/C17H33N3O/c1-5-15(4)18-10-12-20(13-11-18)17(21)19-8-6-16(7-9-19)14(2)3/h14-16H,5-13H2,1-4H3. The zero-order valence-corrected chi connectivity index (χ0v) is 14.3. The summed E-state index contributed by atoms with van der Waals surface area (Å²) in [6.45, 7) is 14.9. The minimum atomic E-state index is 0.279. The molecule has 0 N–H and O–H groups in total. The number of hydrogen-bond donors (Lipinski definition) is 0. The first kappa shape index (κ1) is 16.6. The lowest BCUT2D eigenvalue weighted by atomic mass is 9.87. The molecule has 0 aromatic rings. The molecule has 2 fully saturated rings. The Labute approximate surface area is 130 Å². The van der Waals surface area contributed by atoms with Crippen molar-refractivity contribution in [2.45, 2.75) is 53.0 Å². The molecule has 0 saturated carbocycles. The topological polar surface area (TPSA) is 26.8 Å². The summed E-state index contributed by atoms with van der Waals surface area (Å²) in [5.41, 5.74) is 0. The van der Waals surface area contributed by atoms with Gasteiger partial charge in [0.1, 0.15) is 0 Å². The Morgan fingerprint density at radius 1 is 0.952 bits per heavy atom. The second-order valence-electron chi connectivity index (χ2n) is 7.13. The highest BCUT2D eigenvalue weighted by Gasteiger charge is 2.29. The minimum Gasteiger partial charge on any atom is -0.325 e. The molecule has 2 aliphatic rings. The number of amides is 2. The number of urea groups is 1. The number of hydrogen-bond acceptors (Lipinski definition) is 2. The number of nitrogens with zero attached hydrogens (tertiary/aromatic N) is 3. The van der Waals surface area contributed by atoms with Gasteiger partial charge in [-0.15, -0.1) is 0 Å². The van der Waals surface area contributed by atoms with Crippen LogP contribution in [0.1, 0.15) is 47.0 Å². The second-order valence-corrected chi connectivity index (χ2v) is 7.13. The maximum absolute atomic E-state index is 12.6. The largest absolute Gasteiger partial charge is 0.325 e. The van der Waals surface area contributed by atoms with Gasteiger partial charge in [0.05, 0.1) is 0 Å². The SMILES string of the molecule is CCC(C)N1CCN(C(=O)N2CCC(C(C)C)CC2)CC1. The highest BCUT2D eigenvalue weighted by atomic mass is 16.2. The van der Waals surface area contributed by atoms with Crippen LogP contribution in [0.5, 0.6) is 0 Å². The molecular formula is C17H33N3O. The van der Waals surface area contributed by atoms with Crippen LogP contribution in [-0.2, 0) is 0 Å². The summed E-state index contributed by atoms with van der Waals surface area (Å²) in [5, 5.41) is 0. The van der Waals surface area contributed by atoms with Crippen LogP contribution in [-0.4, -0.2) is 66.0 Å². The Hall–Kier alpha value is -0.770. The summed E-state index contributed by atoms with van der Waals surface area (Å²) < 4.78 is 0. The first-order valence-corrected chi connectivity index (χ1v) is 8.80. The van der Waals surface area contributed by atoms with E-state index in [2.05, 4.69) is 42.4 Å². The Balaban J connectivity index is 1.78. The van der Waals surface area contributed by atoms with Gasteiger partial charge in [-0.25, -0.2) is 4.79 Å². The Morgan fingerprint density at radius 3 is 1.95 bits per heavy atom. The highest BCUT2D eigenvalue weighted by Crippen LogP contribution is 2.25. The van der Waals surface area contributed by atoms with Crippen LogP contribution in [0.3, 0.4) is 0 Å². The predicted octanol–water partition coefficient (Wildman–Crippen LogP) is 2.89. The third-order valence-corrected chi connectivity index (χ3v) is 5.55. The van der Waals surface area contributed by atoms with E-state index in [9.17, 15) is 4.79 Å². The predicted molar refractivity (Wildman–Crippen MR) is 87.4 cm³/mol. The fourth-order valence-corrected chi connectivity index (χ4v) is 3.57. The summed E-state index contributed by atoms with van der Waals surface area (Å²) in [4.78, 5) is 19.3. The number of likely N-dealkylation sites (tertiary alicyclic amines) is 1. The van der Waals surface area contributed by atoms with Crippen molar-refractivity contribution in [3.8, 4) is 0 Å². The van der Waals surface area contributed by atoms with Crippen LogP contribution >= 0.6 is 0 Å². The molecule has 0 aromatic carbocycles. The lowest BCUT2D eigenvalue weighted by Gasteiger charge is -2.41. The first-order chi connectivity index (χ1) is 10.0. The van der Waals surface area contributed by atoms with Crippen LogP contribution < -0.4 is 0 Å². The monoisotopic (exact) mass is 295 g/mol. The van der Waals surface area contributed by atoms with E-state index in [0.29, 0.717) is 6.04 Å². The summed E-state index contributed by atoms with van der Waals surface area (Å²) in [6.07, 6.45) is 3.54.